The van der Waals surface area contributed by atoms with Crippen molar-refractivity contribution in [2.45, 2.75) is 39.3 Å². The van der Waals surface area contributed by atoms with Gasteiger partial charge in [-0.25, -0.2) is 4.79 Å². The first kappa shape index (κ1) is 25.2. The molecular formula is C26H22Cl2N2O4. The largest absolute Gasteiger partial charge is 0.454 e. The van der Waals surface area contributed by atoms with Crippen LogP contribution in [-0.2, 0) is 25.7 Å². The average molecular weight is 497 g/mol. The van der Waals surface area contributed by atoms with Gasteiger partial charge in [0.05, 0.1) is 34.6 Å². The molecule has 0 aromatic heterocycles. The Morgan fingerprint density at radius 2 is 1.65 bits per heavy atom. The van der Waals surface area contributed by atoms with Crippen LogP contribution in [0.5, 0.6) is 0 Å². The van der Waals surface area contributed by atoms with Gasteiger partial charge in [-0.3, -0.25) is 9.59 Å². The molecule has 0 unspecified atom stereocenters. The molecule has 3 rings (SSSR count). The van der Waals surface area contributed by atoms with E-state index in [2.05, 4.69) is 6.07 Å². The number of amides is 1. The number of ketones is 1. The van der Waals surface area contributed by atoms with Gasteiger partial charge in [0.1, 0.15) is 5.60 Å². The van der Waals surface area contributed by atoms with Crippen molar-refractivity contribution >= 4 is 57.3 Å². The van der Waals surface area contributed by atoms with Gasteiger partial charge in [0.25, 0.3) is 0 Å². The van der Waals surface area contributed by atoms with Gasteiger partial charge < -0.3 is 9.64 Å². The number of Topliss-reactive ketones (excluding diaryl/α,β-unsaturated/α-hetero) is 1. The molecule has 0 radical (unpaired) electrons. The fraction of sp³-hybridized carbons (Fsp3) is 0.231. The van der Waals surface area contributed by atoms with E-state index in [-0.39, 0.29) is 11.6 Å². The molecule has 0 heterocycles. The highest BCUT2D eigenvalue weighted by Gasteiger charge is 2.27. The molecule has 1 amide bonds. The monoisotopic (exact) mass is 496 g/mol. The van der Waals surface area contributed by atoms with Crippen LogP contribution >= 0.6 is 23.2 Å². The molecule has 3 aromatic rings. The molecular weight excluding hydrogens is 475 g/mol. The van der Waals surface area contributed by atoms with Crippen LogP contribution in [-0.4, -0.2) is 23.3 Å². The Kier molecular flexibility index (Phi) is 7.61. The van der Waals surface area contributed by atoms with Crippen LogP contribution in [0.1, 0.15) is 38.3 Å². The first-order valence-corrected chi connectivity index (χ1v) is 11.2. The van der Waals surface area contributed by atoms with E-state index in [9.17, 15) is 19.6 Å². The van der Waals surface area contributed by atoms with E-state index in [4.69, 9.17) is 27.9 Å². The van der Waals surface area contributed by atoms with Gasteiger partial charge in [-0.15, -0.1) is 0 Å². The van der Waals surface area contributed by atoms with Crippen molar-refractivity contribution in [2.24, 2.45) is 0 Å². The van der Waals surface area contributed by atoms with Crippen LogP contribution < -0.4 is 4.90 Å². The SMILES string of the molecule is CC(C)(C)OC(=O)C(=O)CC(=O)N(Cc1ccc2ccc(C#N)cc2c1)c1ccc(Cl)c(Cl)c1. The predicted molar refractivity (Wildman–Crippen MR) is 132 cm³/mol. The Bertz CT molecular complexity index is 1320. The van der Waals surface area contributed by atoms with Crippen LogP contribution in [0, 0.1) is 11.3 Å². The normalized spacial score (nSPS) is 11.1. The van der Waals surface area contributed by atoms with E-state index in [0.717, 1.165) is 16.3 Å². The van der Waals surface area contributed by atoms with E-state index in [0.29, 0.717) is 16.3 Å². The number of anilines is 1. The number of fused-ring (bicyclic) bond motifs is 1. The van der Waals surface area contributed by atoms with Crippen molar-refractivity contribution in [1.82, 2.24) is 0 Å². The molecule has 0 aliphatic rings. The number of nitriles is 1. The zero-order chi connectivity index (χ0) is 25.0. The zero-order valence-corrected chi connectivity index (χ0v) is 20.4. The summed E-state index contributed by atoms with van der Waals surface area (Å²) in [6, 6.07) is 17.7. The van der Waals surface area contributed by atoms with E-state index in [1.807, 2.05) is 24.3 Å². The van der Waals surface area contributed by atoms with Crippen LogP contribution in [0.2, 0.25) is 10.0 Å². The number of nitrogens with zero attached hydrogens (tertiary/aromatic N) is 2. The first-order valence-electron chi connectivity index (χ1n) is 10.4. The fourth-order valence-electron chi connectivity index (χ4n) is 3.26. The quantitative estimate of drug-likeness (QED) is 0.242. The van der Waals surface area contributed by atoms with Gasteiger partial charge in [0, 0.05) is 5.69 Å². The van der Waals surface area contributed by atoms with E-state index < -0.39 is 29.7 Å². The molecule has 0 saturated heterocycles. The number of rotatable bonds is 6. The average Bonchev–Trinajstić information content (AvgIpc) is 2.77. The highest BCUT2D eigenvalue weighted by atomic mass is 35.5. The van der Waals surface area contributed by atoms with Crippen LogP contribution in [0.3, 0.4) is 0 Å². The number of benzene rings is 3. The summed E-state index contributed by atoms with van der Waals surface area (Å²) in [5, 5.41) is 11.5. The lowest BCUT2D eigenvalue weighted by Crippen LogP contribution is -2.35. The molecule has 3 aromatic carbocycles. The Morgan fingerprint density at radius 3 is 2.29 bits per heavy atom. The fourth-order valence-corrected chi connectivity index (χ4v) is 3.56. The summed E-state index contributed by atoms with van der Waals surface area (Å²) < 4.78 is 5.08. The lowest BCUT2D eigenvalue weighted by Gasteiger charge is -2.24. The summed E-state index contributed by atoms with van der Waals surface area (Å²) in [6.45, 7) is 5.02. The van der Waals surface area contributed by atoms with Crippen molar-refractivity contribution in [3.05, 3.63) is 75.8 Å². The van der Waals surface area contributed by atoms with E-state index in [1.165, 1.54) is 11.0 Å². The first-order chi connectivity index (χ1) is 16.0. The summed E-state index contributed by atoms with van der Waals surface area (Å²) in [6.07, 6.45) is -0.665. The second kappa shape index (κ2) is 10.3. The number of halogens is 2. The Labute approximate surface area is 207 Å². The zero-order valence-electron chi connectivity index (χ0n) is 18.9. The molecule has 0 bridgehead atoms. The highest BCUT2D eigenvalue weighted by Crippen LogP contribution is 2.29. The number of carbonyl (C=O) groups is 3. The lowest BCUT2D eigenvalue weighted by atomic mass is 10.0. The Morgan fingerprint density at radius 1 is 0.941 bits per heavy atom. The molecule has 0 aliphatic carbocycles. The maximum atomic E-state index is 13.2. The van der Waals surface area contributed by atoms with Crippen LogP contribution in [0.15, 0.2) is 54.6 Å². The Balaban J connectivity index is 1.92. The second-order valence-corrected chi connectivity index (χ2v) is 9.50. The predicted octanol–water partition coefficient (Wildman–Crippen LogP) is 5.85. The third-order valence-electron chi connectivity index (χ3n) is 4.83. The molecule has 0 spiro atoms. The molecule has 0 fully saturated rings. The minimum Gasteiger partial charge on any atom is -0.454 e. The summed E-state index contributed by atoms with van der Waals surface area (Å²) in [5.74, 6) is -2.60. The van der Waals surface area contributed by atoms with E-state index >= 15 is 0 Å². The molecule has 0 aliphatic heterocycles. The smallest absolute Gasteiger partial charge is 0.375 e. The van der Waals surface area contributed by atoms with Gasteiger partial charge in [0.15, 0.2) is 0 Å². The third-order valence-corrected chi connectivity index (χ3v) is 5.57. The minimum absolute atomic E-state index is 0.102. The number of ether oxygens (including phenoxy) is 1. The highest BCUT2D eigenvalue weighted by molar-refractivity contribution is 6.42. The number of hydrogen-bond acceptors (Lipinski definition) is 5. The summed E-state index contributed by atoms with van der Waals surface area (Å²) in [4.78, 5) is 39.0. The van der Waals surface area contributed by atoms with Crippen molar-refractivity contribution in [3.8, 4) is 6.07 Å². The van der Waals surface area contributed by atoms with Gasteiger partial charge in [-0.05, 0) is 73.5 Å². The Hall–Kier alpha value is -3.40. The van der Waals surface area contributed by atoms with Gasteiger partial charge >= 0.3 is 5.97 Å². The van der Waals surface area contributed by atoms with Gasteiger partial charge in [-0.1, -0.05) is 41.4 Å². The summed E-state index contributed by atoms with van der Waals surface area (Å²) >= 11 is 12.2. The van der Waals surface area contributed by atoms with Crippen LogP contribution in [0.4, 0.5) is 5.69 Å². The third kappa shape index (κ3) is 6.34. The summed E-state index contributed by atoms with van der Waals surface area (Å²) in [7, 11) is 0. The minimum atomic E-state index is -1.07. The topological polar surface area (TPSA) is 87.5 Å². The maximum Gasteiger partial charge on any atom is 0.375 e. The molecule has 0 N–H and O–H groups in total. The number of carbonyl (C=O) groups excluding carboxylic acids is 3. The van der Waals surface area contributed by atoms with Gasteiger partial charge in [0.2, 0.25) is 11.7 Å². The summed E-state index contributed by atoms with van der Waals surface area (Å²) in [5.41, 5.74) is 0.839. The molecule has 8 heteroatoms. The maximum absolute atomic E-state index is 13.2. The van der Waals surface area contributed by atoms with Gasteiger partial charge in [-0.2, -0.15) is 5.26 Å². The molecule has 0 atom stereocenters. The number of esters is 1. The lowest BCUT2D eigenvalue weighted by molar-refractivity contribution is -0.163. The molecule has 6 nitrogen and oxygen atoms in total. The number of hydrogen-bond donors (Lipinski definition) is 0. The van der Waals surface area contributed by atoms with Crippen molar-refractivity contribution in [2.75, 3.05) is 4.90 Å². The van der Waals surface area contributed by atoms with Crippen molar-refractivity contribution in [1.29, 1.82) is 5.26 Å². The standard InChI is InChI=1S/C26H22Cl2N2O4/c1-26(2,3)34-25(33)23(31)13-24(32)30(20-8-9-21(27)22(28)12-20)15-17-5-7-18-6-4-16(14-29)10-19(18)11-17/h4-12H,13,15H2,1-3H3. The molecule has 34 heavy (non-hydrogen) atoms. The molecule has 0 saturated carbocycles. The van der Waals surface area contributed by atoms with Crippen molar-refractivity contribution < 1.29 is 19.1 Å². The second-order valence-electron chi connectivity index (χ2n) is 8.69. The van der Waals surface area contributed by atoms with Crippen molar-refractivity contribution in [3.63, 3.8) is 0 Å². The van der Waals surface area contributed by atoms with Crippen LogP contribution in [0.25, 0.3) is 10.8 Å². The molecule has 174 valence electrons. The van der Waals surface area contributed by atoms with E-state index in [1.54, 1.807) is 45.0 Å².